The van der Waals surface area contributed by atoms with Crippen molar-refractivity contribution >= 4 is 17.5 Å². The minimum absolute atomic E-state index is 0.185. The molecule has 0 bridgehead atoms. The van der Waals surface area contributed by atoms with Crippen LogP contribution in [0.15, 0.2) is 30.3 Å². The van der Waals surface area contributed by atoms with Crippen molar-refractivity contribution in [3.05, 3.63) is 30.3 Å². The van der Waals surface area contributed by atoms with Gasteiger partial charge < -0.3 is 15.7 Å². The van der Waals surface area contributed by atoms with Gasteiger partial charge in [-0.25, -0.2) is 0 Å². The van der Waals surface area contributed by atoms with E-state index in [1.165, 1.54) is 58.3 Å². The minimum Gasteiger partial charge on any atom is -0.391 e. The summed E-state index contributed by atoms with van der Waals surface area (Å²) in [6.07, 6.45) is 13.0. The third kappa shape index (κ3) is 12.3. The lowest BCUT2D eigenvalue weighted by Gasteiger charge is -2.21. The lowest BCUT2D eigenvalue weighted by Crippen LogP contribution is -2.50. The number of hydrogen-bond acceptors (Lipinski definition) is 3. The van der Waals surface area contributed by atoms with E-state index in [0.717, 1.165) is 19.3 Å². The second kappa shape index (κ2) is 16.0. The van der Waals surface area contributed by atoms with Gasteiger partial charge in [0.1, 0.15) is 6.04 Å². The summed E-state index contributed by atoms with van der Waals surface area (Å²) in [6.45, 7) is 3.75. The summed E-state index contributed by atoms with van der Waals surface area (Å²) < 4.78 is 0. The SMILES string of the molecule is CCCCCCCCCCCCCC(=O)NC(C(=O)Nc1ccccc1)C(C)O. The van der Waals surface area contributed by atoms with Crippen LogP contribution in [-0.2, 0) is 9.59 Å². The van der Waals surface area contributed by atoms with Crippen LogP contribution in [0.1, 0.15) is 90.9 Å². The number of carbonyl (C=O) groups excluding carboxylic acids is 2. The molecule has 5 nitrogen and oxygen atoms in total. The van der Waals surface area contributed by atoms with E-state index in [2.05, 4.69) is 17.6 Å². The molecule has 0 aliphatic carbocycles. The smallest absolute Gasteiger partial charge is 0.249 e. The number of rotatable bonds is 16. The quantitative estimate of drug-likeness (QED) is 0.332. The Morgan fingerprint density at radius 1 is 0.862 bits per heavy atom. The molecule has 0 aliphatic heterocycles. The van der Waals surface area contributed by atoms with Gasteiger partial charge in [-0.15, -0.1) is 0 Å². The highest BCUT2D eigenvalue weighted by atomic mass is 16.3. The maximum Gasteiger partial charge on any atom is 0.249 e. The number of aliphatic hydroxyl groups excluding tert-OH is 1. The van der Waals surface area contributed by atoms with Gasteiger partial charge in [-0.1, -0.05) is 89.3 Å². The van der Waals surface area contributed by atoms with Crippen molar-refractivity contribution in [3.63, 3.8) is 0 Å². The maximum atomic E-state index is 12.4. The van der Waals surface area contributed by atoms with E-state index in [4.69, 9.17) is 0 Å². The molecule has 2 amide bonds. The van der Waals surface area contributed by atoms with Crippen molar-refractivity contribution in [3.8, 4) is 0 Å². The van der Waals surface area contributed by atoms with Gasteiger partial charge in [0, 0.05) is 12.1 Å². The predicted octanol–water partition coefficient (Wildman–Crippen LogP) is 5.19. The van der Waals surface area contributed by atoms with Crippen LogP contribution in [0.5, 0.6) is 0 Å². The highest BCUT2D eigenvalue weighted by Gasteiger charge is 2.25. The molecule has 1 aromatic rings. The minimum atomic E-state index is -0.958. The largest absolute Gasteiger partial charge is 0.391 e. The molecular weight excluding hydrogens is 364 g/mol. The van der Waals surface area contributed by atoms with Gasteiger partial charge in [-0.3, -0.25) is 9.59 Å². The third-order valence-electron chi connectivity index (χ3n) is 5.13. The van der Waals surface area contributed by atoms with E-state index in [9.17, 15) is 14.7 Å². The molecule has 2 atom stereocenters. The van der Waals surface area contributed by atoms with Gasteiger partial charge in [0.05, 0.1) is 6.10 Å². The molecule has 0 saturated carbocycles. The molecule has 0 spiro atoms. The van der Waals surface area contributed by atoms with Crippen LogP contribution in [0.3, 0.4) is 0 Å². The third-order valence-corrected chi connectivity index (χ3v) is 5.13. The number of para-hydroxylation sites is 1. The monoisotopic (exact) mass is 404 g/mol. The van der Waals surface area contributed by atoms with E-state index in [1.54, 1.807) is 12.1 Å². The van der Waals surface area contributed by atoms with Gasteiger partial charge in [0.15, 0.2) is 0 Å². The molecule has 0 radical (unpaired) electrons. The summed E-state index contributed by atoms with van der Waals surface area (Å²) in [5, 5.41) is 15.3. The molecule has 0 aromatic heterocycles. The highest BCUT2D eigenvalue weighted by Crippen LogP contribution is 2.12. The second-order valence-electron chi connectivity index (χ2n) is 7.93. The van der Waals surface area contributed by atoms with Gasteiger partial charge in [-0.2, -0.15) is 0 Å². The number of nitrogens with one attached hydrogen (secondary N) is 2. The molecule has 3 N–H and O–H groups in total. The summed E-state index contributed by atoms with van der Waals surface area (Å²) >= 11 is 0. The lowest BCUT2D eigenvalue weighted by atomic mass is 10.0. The first kappa shape index (κ1) is 25.2. The average Bonchev–Trinajstić information content (AvgIpc) is 2.70. The first-order valence-electron chi connectivity index (χ1n) is 11.4. The molecule has 0 heterocycles. The van der Waals surface area contributed by atoms with Gasteiger partial charge in [-0.05, 0) is 25.5 Å². The second-order valence-corrected chi connectivity index (χ2v) is 7.93. The first-order valence-corrected chi connectivity index (χ1v) is 11.4. The van der Waals surface area contributed by atoms with Crippen LogP contribution >= 0.6 is 0 Å². The van der Waals surface area contributed by atoms with E-state index >= 15 is 0 Å². The van der Waals surface area contributed by atoms with Crippen LogP contribution < -0.4 is 10.6 Å². The molecule has 29 heavy (non-hydrogen) atoms. The highest BCUT2D eigenvalue weighted by molar-refractivity contribution is 5.97. The Labute approximate surface area is 176 Å². The summed E-state index contributed by atoms with van der Waals surface area (Å²) in [6, 6.07) is 8.08. The maximum absolute atomic E-state index is 12.4. The first-order chi connectivity index (χ1) is 14.0. The fourth-order valence-electron chi connectivity index (χ4n) is 3.34. The summed E-state index contributed by atoms with van der Waals surface area (Å²) in [4.78, 5) is 24.5. The van der Waals surface area contributed by atoms with Gasteiger partial charge >= 0.3 is 0 Å². The number of carbonyl (C=O) groups is 2. The Bertz CT molecular complexity index is 561. The van der Waals surface area contributed by atoms with Crippen LogP contribution in [0.2, 0.25) is 0 Å². The van der Waals surface area contributed by atoms with E-state index < -0.39 is 18.1 Å². The molecule has 0 fully saturated rings. The van der Waals surface area contributed by atoms with Crippen LogP contribution in [0.4, 0.5) is 5.69 Å². The number of amides is 2. The fraction of sp³-hybridized carbons (Fsp3) is 0.667. The van der Waals surface area contributed by atoms with Crippen LogP contribution in [0, 0.1) is 0 Å². The predicted molar refractivity (Wildman–Crippen MR) is 120 cm³/mol. The zero-order chi connectivity index (χ0) is 21.3. The van der Waals surface area contributed by atoms with Crippen molar-refractivity contribution < 1.29 is 14.7 Å². The molecule has 5 heteroatoms. The normalized spacial score (nSPS) is 12.9. The molecule has 0 saturated heterocycles. The number of unbranched alkanes of at least 4 members (excludes halogenated alkanes) is 10. The van der Waals surface area contributed by atoms with E-state index in [0.29, 0.717) is 12.1 Å². The Morgan fingerprint density at radius 2 is 1.38 bits per heavy atom. The van der Waals surface area contributed by atoms with Gasteiger partial charge in [0.25, 0.3) is 0 Å². The van der Waals surface area contributed by atoms with Crippen molar-refractivity contribution in [2.75, 3.05) is 5.32 Å². The van der Waals surface area contributed by atoms with Crippen molar-refractivity contribution in [1.29, 1.82) is 0 Å². The van der Waals surface area contributed by atoms with E-state index in [1.807, 2.05) is 18.2 Å². The summed E-state index contributed by atoms with van der Waals surface area (Å²) in [5.74, 6) is -0.589. The zero-order valence-electron chi connectivity index (χ0n) is 18.3. The zero-order valence-corrected chi connectivity index (χ0v) is 18.3. The Hall–Kier alpha value is -1.88. The topological polar surface area (TPSA) is 78.4 Å². The van der Waals surface area contributed by atoms with E-state index in [-0.39, 0.29) is 5.91 Å². The summed E-state index contributed by atoms with van der Waals surface area (Å²) in [7, 11) is 0. The Kier molecular flexibility index (Phi) is 13.9. The summed E-state index contributed by atoms with van der Waals surface area (Å²) in [5.41, 5.74) is 0.641. The molecule has 2 unspecified atom stereocenters. The number of benzene rings is 1. The Morgan fingerprint density at radius 3 is 1.90 bits per heavy atom. The standard InChI is InChI=1S/C24H40N2O3/c1-3-4-5-6-7-8-9-10-11-12-16-19-22(28)26-23(20(2)27)24(29)25-21-17-14-13-15-18-21/h13-15,17-18,20,23,27H,3-12,16,19H2,1-2H3,(H,25,29)(H,26,28). The van der Waals surface area contributed by atoms with Crippen LogP contribution in [-0.4, -0.2) is 29.1 Å². The number of anilines is 1. The molecular formula is C24H40N2O3. The van der Waals surface area contributed by atoms with Crippen molar-refractivity contribution in [1.82, 2.24) is 5.32 Å². The van der Waals surface area contributed by atoms with Crippen LogP contribution in [0.25, 0.3) is 0 Å². The average molecular weight is 405 g/mol. The lowest BCUT2D eigenvalue weighted by molar-refractivity contribution is -0.128. The fourth-order valence-corrected chi connectivity index (χ4v) is 3.34. The molecule has 0 aliphatic rings. The van der Waals surface area contributed by atoms with Crippen molar-refractivity contribution in [2.45, 2.75) is 103 Å². The Balaban J connectivity index is 2.15. The molecule has 1 aromatic carbocycles. The van der Waals surface area contributed by atoms with Crippen molar-refractivity contribution in [2.24, 2.45) is 0 Å². The van der Waals surface area contributed by atoms with Gasteiger partial charge in [0.2, 0.25) is 11.8 Å². The molecule has 1 rings (SSSR count). The number of aliphatic hydroxyl groups is 1. The number of hydrogen-bond donors (Lipinski definition) is 3. The molecule has 164 valence electrons.